The largest absolute Gasteiger partial charge is 0.465 e. The van der Waals surface area contributed by atoms with Gasteiger partial charge in [-0.15, -0.1) is 11.8 Å². The lowest BCUT2D eigenvalue weighted by Crippen LogP contribution is -2.38. The third-order valence-electron chi connectivity index (χ3n) is 6.20. The molecule has 1 aliphatic rings. The van der Waals surface area contributed by atoms with Gasteiger partial charge in [0.15, 0.2) is 6.29 Å². The minimum absolute atomic E-state index is 0.00213. The lowest BCUT2D eigenvalue weighted by Gasteiger charge is -2.36. The molecule has 3 atom stereocenters. The van der Waals surface area contributed by atoms with Crippen molar-refractivity contribution in [1.82, 2.24) is 10.6 Å². The zero-order chi connectivity index (χ0) is 27.5. The number of hydrogen-bond donors (Lipinski definition) is 3. The Kier molecular flexibility index (Phi) is 10.8. The molecule has 9 heteroatoms. The molecule has 8 nitrogen and oxygen atoms in total. The van der Waals surface area contributed by atoms with Gasteiger partial charge < -0.3 is 30.0 Å². The van der Waals surface area contributed by atoms with Crippen LogP contribution in [0.3, 0.4) is 0 Å². The second-order valence-electron chi connectivity index (χ2n) is 9.06. The first-order valence-corrected chi connectivity index (χ1v) is 14.0. The SMILES string of the molecule is CCOC(=O)CNC(=O)NCc1ccc([C@@H]2O[C@H](CSc3ccccc3)C[C@H](c3ccc(CO)cc3)O2)cc1. The van der Waals surface area contributed by atoms with Gasteiger partial charge in [-0.05, 0) is 35.7 Å². The number of rotatable bonds is 11. The van der Waals surface area contributed by atoms with Crippen LogP contribution in [0.15, 0.2) is 83.8 Å². The molecule has 1 fully saturated rings. The summed E-state index contributed by atoms with van der Waals surface area (Å²) in [4.78, 5) is 24.5. The Balaban J connectivity index is 1.39. The topological polar surface area (TPSA) is 106 Å². The third-order valence-corrected chi connectivity index (χ3v) is 7.34. The number of carbonyl (C=O) groups is 2. The predicted octanol–water partition coefficient (Wildman–Crippen LogP) is 4.88. The summed E-state index contributed by atoms with van der Waals surface area (Å²) in [5, 5.41) is 14.6. The Hall–Kier alpha value is -3.37. The van der Waals surface area contributed by atoms with E-state index in [1.165, 1.54) is 4.90 Å². The average molecular weight is 551 g/mol. The Labute approximate surface area is 233 Å². The van der Waals surface area contributed by atoms with Crippen LogP contribution in [0.5, 0.6) is 0 Å². The average Bonchev–Trinajstić information content (AvgIpc) is 2.99. The van der Waals surface area contributed by atoms with Crippen molar-refractivity contribution in [3.63, 3.8) is 0 Å². The molecule has 3 N–H and O–H groups in total. The van der Waals surface area contributed by atoms with E-state index >= 15 is 0 Å². The fourth-order valence-corrected chi connectivity index (χ4v) is 5.07. The molecular formula is C30H34N2O6S. The second kappa shape index (κ2) is 14.7. The number of ether oxygens (including phenoxy) is 3. The molecule has 0 aliphatic carbocycles. The number of esters is 1. The zero-order valence-electron chi connectivity index (χ0n) is 21.9. The summed E-state index contributed by atoms with van der Waals surface area (Å²) in [5.74, 6) is 0.311. The first kappa shape index (κ1) is 28.6. The van der Waals surface area contributed by atoms with Gasteiger partial charge in [0.2, 0.25) is 0 Å². The van der Waals surface area contributed by atoms with Gasteiger partial charge in [-0.25, -0.2) is 4.79 Å². The molecule has 1 heterocycles. The van der Waals surface area contributed by atoms with Crippen LogP contribution in [-0.2, 0) is 32.2 Å². The summed E-state index contributed by atoms with van der Waals surface area (Å²) in [6, 6.07) is 25.4. The molecule has 0 unspecified atom stereocenters. The summed E-state index contributed by atoms with van der Waals surface area (Å²) < 4.78 is 17.6. The monoisotopic (exact) mass is 550 g/mol. The Bertz CT molecular complexity index is 1190. The highest BCUT2D eigenvalue weighted by molar-refractivity contribution is 7.99. The van der Waals surface area contributed by atoms with Crippen molar-refractivity contribution >= 4 is 23.8 Å². The lowest BCUT2D eigenvalue weighted by atomic mass is 10.0. The predicted molar refractivity (Wildman–Crippen MR) is 149 cm³/mol. The second-order valence-corrected chi connectivity index (χ2v) is 10.2. The van der Waals surface area contributed by atoms with E-state index in [0.29, 0.717) is 6.54 Å². The summed E-state index contributed by atoms with van der Waals surface area (Å²) in [5.41, 5.74) is 3.69. The molecule has 4 rings (SSSR count). The van der Waals surface area contributed by atoms with E-state index in [1.807, 2.05) is 66.7 Å². The first-order chi connectivity index (χ1) is 19.0. The van der Waals surface area contributed by atoms with Crippen LogP contribution in [0, 0.1) is 0 Å². The number of benzene rings is 3. The highest BCUT2D eigenvalue weighted by atomic mass is 32.2. The minimum atomic E-state index is -0.544. The number of thioether (sulfide) groups is 1. The van der Waals surface area contributed by atoms with Gasteiger partial charge in [0.05, 0.1) is 25.4 Å². The quantitative estimate of drug-likeness (QED) is 0.231. The summed E-state index contributed by atoms with van der Waals surface area (Å²) in [7, 11) is 0. The van der Waals surface area contributed by atoms with Crippen LogP contribution in [-0.4, -0.2) is 42.1 Å². The maximum Gasteiger partial charge on any atom is 0.325 e. The maximum absolute atomic E-state index is 12.0. The van der Waals surface area contributed by atoms with Crippen LogP contribution >= 0.6 is 11.8 Å². The number of carbonyl (C=O) groups excluding carboxylic acids is 2. The molecule has 1 saturated heterocycles. The fourth-order valence-electron chi connectivity index (χ4n) is 4.13. The summed E-state index contributed by atoms with van der Waals surface area (Å²) in [6.07, 6.45) is -0.00157. The van der Waals surface area contributed by atoms with Crippen molar-refractivity contribution < 1.29 is 28.9 Å². The normalized spacial score (nSPS) is 18.8. The molecule has 2 amide bonds. The van der Waals surface area contributed by atoms with Crippen LogP contribution in [0.2, 0.25) is 0 Å². The van der Waals surface area contributed by atoms with E-state index in [9.17, 15) is 14.7 Å². The minimum Gasteiger partial charge on any atom is -0.465 e. The van der Waals surface area contributed by atoms with Gasteiger partial charge in [0.25, 0.3) is 0 Å². The molecule has 39 heavy (non-hydrogen) atoms. The lowest BCUT2D eigenvalue weighted by molar-refractivity contribution is -0.245. The summed E-state index contributed by atoms with van der Waals surface area (Å²) >= 11 is 1.76. The van der Waals surface area contributed by atoms with Crippen LogP contribution < -0.4 is 10.6 Å². The van der Waals surface area contributed by atoms with Crippen molar-refractivity contribution in [2.45, 2.75) is 49.9 Å². The molecule has 0 saturated carbocycles. The standard InChI is InChI=1S/C30H34N2O6S/c1-2-36-28(34)18-32-30(35)31-17-21-8-14-24(15-9-21)29-37-25(20-39-26-6-4-3-5-7-26)16-27(38-29)23-12-10-22(19-33)11-13-23/h3-15,25,27,29,33H,2,16-20H2,1H3,(H2,31,32,35)/t25-,27+,29+/m0/s1. The molecule has 206 valence electrons. The van der Waals surface area contributed by atoms with Gasteiger partial charge in [-0.2, -0.15) is 0 Å². The third kappa shape index (κ3) is 8.83. The first-order valence-electron chi connectivity index (χ1n) is 13.0. The fraction of sp³-hybridized carbons (Fsp3) is 0.333. The molecule has 0 aromatic heterocycles. The number of hydrogen-bond acceptors (Lipinski definition) is 7. The van der Waals surface area contributed by atoms with Crippen molar-refractivity contribution in [3.05, 3.63) is 101 Å². The van der Waals surface area contributed by atoms with Gasteiger partial charge in [-0.3, -0.25) is 4.79 Å². The molecular weight excluding hydrogens is 516 g/mol. The Morgan fingerprint density at radius 2 is 1.62 bits per heavy atom. The van der Waals surface area contributed by atoms with Gasteiger partial charge in [0, 0.05) is 29.2 Å². The molecule has 0 bridgehead atoms. The van der Waals surface area contributed by atoms with Gasteiger partial charge in [0.1, 0.15) is 6.54 Å². The smallest absolute Gasteiger partial charge is 0.325 e. The highest BCUT2D eigenvalue weighted by Crippen LogP contribution is 2.39. The zero-order valence-corrected chi connectivity index (χ0v) is 22.7. The van der Waals surface area contributed by atoms with Gasteiger partial charge >= 0.3 is 12.0 Å². The van der Waals surface area contributed by atoms with Gasteiger partial charge in [-0.1, -0.05) is 66.7 Å². The number of amides is 2. The molecule has 0 radical (unpaired) electrons. The Morgan fingerprint density at radius 3 is 2.31 bits per heavy atom. The van der Waals surface area contributed by atoms with E-state index in [1.54, 1.807) is 18.7 Å². The van der Waals surface area contributed by atoms with E-state index in [-0.39, 0.29) is 32.0 Å². The highest BCUT2D eigenvalue weighted by Gasteiger charge is 2.32. The molecule has 1 aliphatic heterocycles. The van der Waals surface area contributed by atoms with E-state index in [0.717, 1.165) is 34.4 Å². The Morgan fingerprint density at radius 1 is 0.923 bits per heavy atom. The number of urea groups is 1. The number of aliphatic hydroxyl groups is 1. The maximum atomic E-state index is 12.0. The van der Waals surface area contributed by atoms with Crippen molar-refractivity contribution in [1.29, 1.82) is 0 Å². The van der Waals surface area contributed by atoms with Crippen LogP contribution in [0.4, 0.5) is 4.79 Å². The summed E-state index contributed by atoms with van der Waals surface area (Å²) in [6.45, 7) is 2.11. The van der Waals surface area contributed by atoms with Crippen LogP contribution in [0.1, 0.15) is 48.0 Å². The molecule has 3 aromatic carbocycles. The van der Waals surface area contributed by atoms with Crippen LogP contribution in [0.25, 0.3) is 0 Å². The van der Waals surface area contributed by atoms with Crippen molar-refractivity contribution in [3.8, 4) is 0 Å². The van der Waals surface area contributed by atoms with Crippen molar-refractivity contribution in [2.24, 2.45) is 0 Å². The number of nitrogens with one attached hydrogen (secondary N) is 2. The van der Waals surface area contributed by atoms with E-state index < -0.39 is 18.3 Å². The number of aliphatic hydroxyl groups excluding tert-OH is 1. The van der Waals surface area contributed by atoms with E-state index in [2.05, 4.69) is 22.8 Å². The molecule has 0 spiro atoms. The van der Waals surface area contributed by atoms with E-state index in [4.69, 9.17) is 14.2 Å². The van der Waals surface area contributed by atoms with Crippen molar-refractivity contribution in [2.75, 3.05) is 18.9 Å². The molecule has 3 aromatic rings.